The van der Waals surface area contributed by atoms with Crippen LogP contribution >= 0.6 is 0 Å². The van der Waals surface area contributed by atoms with E-state index >= 15 is 0 Å². The number of benzene rings is 1. The molecule has 0 saturated heterocycles. The molecule has 0 heterocycles. The minimum absolute atomic E-state index is 0.0474. The average Bonchev–Trinajstić information content (AvgIpc) is 2.60. The first-order valence-electron chi connectivity index (χ1n) is 8.70. The number of carbonyl (C=O) groups excluding carboxylic acids is 2. The average molecular weight is 327 g/mol. The quantitative estimate of drug-likeness (QED) is 0.804. The molecule has 1 aromatic rings. The molecule has 0 unspecified atom stereocenters. The molecule has 24 heavy (non-hydrogen) atoms. The summed E-state index contributed by atoms with van der Waals surface area (Å²) >= 11 is 0. The molecule has 0 spiro atoms. The van der Waals surface area contributed by atoms with Crippen LogP contribution < -0.4 is 10.6 Å². The molecular formula is C19H25N3O2. The van der Waals surface area contributed by atoms with Crippen LogP contribution in [0.5, 0.6) is 0 Å². The third-order valence-electron chi connectivity index (χ3n) is 4.44. The number of hydrogen-bond donors (Lipinski definition) is 2. The number of rotatable bonds is 7. The van der Waals surface area contributed by atoms with Crippen LogP contribution in [0.15, 0.2) is 24.3 Å². The lowest BCUT2D eigenvalue weighted by molar-refractivity contribution is -0.120. The van der Waals surface area contributed by atoms with Gasteiger partial charge < -0.3 is 10.6 Å². The van der Waals surface area contributed by atoms with Crippen LogP contribution in [0.4, 0.5) is 5.69 Å². The Balaban J connectivity index is 1.77. The van der Waals surface area contributed by atoms with Gasteiger partial charge in [-0.1, -0.05) is 44.2 Å². The van der Waals surface area contributed by atoms with Crippen molar-refractivity contribution in [2.45, 2.75) is 57.9 Å². The Morgan fingerprint density at radius 2 is 1.96 bits per heavy atom. The van der Waals surface area contributed by atoms with Gasteiger partial charge in [0, 0.05) is 18.7 Å². The molecule has 1 fully saturated rings. The molecule has 1 aromatic carbocycles. The summed E-state index contributed by atoms with van der Waals surface area (Å²) in [7, 11) is 0. The van der Waals surface area contributed by atoms with Gasteiger partial charge in [-0.2, -0.15) is 5.26 Å². The molecule has 1 aliphatic rings. The molecule has 0 bridgehead atoms. The van der Waals surface area contributed by atoms with Crippen LogP contribution in [0.25, 0.3) is 0 Å². The van der Waals surface area contributed by atoms with Gasteiger partial charge in [-0.25, -0.2) is 0 Å². The summed E-state index contributed by atoms with van der Waals surface area (Å²) in [5.74, 6) is 0.455. The van der Waals surface area contributed by atoms with Crippen molar-refractivity contribution in [2.24, 2.45) is 5.92 Å². The highest BCUT2D eigenvalue weighted by Gasteiger charge is 2.14. The van der Waals surface area contributed by atoms with Gasteiger partial charge in [0.25, 0.3) is 0 Å². The van der Waals surface area contributed by atoms with Crippen molar-refractivity contribution in [3.05, 3.63) is 29.8 Å². The van der Waals surface area contributed by atoms with Gasteiger partial charge in [0.2, 0.25) is 11.8 Å². The lowest BCUT2D eigenvalue weighted by Gasteiger charge is -2.21. The Morgan fingerprint density at radius 1 is 1.17 bits per heavy atom. The Kier molecular flexibility index (Phi) is 7.28. The number of hydrogen-bond acceptors (Lipinski definition) is 3. The molecular weight excluding hydrogens is 302 g/mol. The highest BCUT2D eigenvalue weighted by atomic mass is 16.2. The van der Waals surface area contributed by atoms with E-state index in [1.54, 1.807) is 0 Å². The van der Waals surface area contributed by atoms with Crippen LogP contribution in [0.2, 0.25) is 0 Å². The summed E-state index contributed by atoms with van der Waals surface area (Å²) < 4.78 is 0. The maximum Gasteiger partial charge on any atom is 0.234 e. The molecule has 0 atom stereocenters. The van der Waals surface area contributed by atoms with Gasteiger partial charge in [0.1, 0.15) is 6.42 Å². The molecule has 2 rings (SSSR count). The zero-order valence-corrected chi connectivity index (χ0v) is 14.0. The summed E-state index contributed by atoms with van der Waals surface area (Å²) in [5, 5.41) is 14.1. The number of carbonyl (C=O) groups is 2. The molecule has 128 valence electrons. The van der Waals surface area contributed by atoms with E-state index < -0.39 is 0 Å². The molecule has 2 N–H and O–H groups in total. The topological polar surface area (TPSA) is 82.0 Å². The van der Waals surface area contributed by atoms with Gasteiger partial charge in [-0.05, 0) is 30.0 Å². The van der Waals surface area contributed by atoms with E-state index in [1.165, 1.54) is 32.1 Å². The third-order valence-corrected chi connectivity index (χ3v) is 4.44. The second kappa shape index (κ2) is 9.71. The second-order valence-electron chi connectivity index (χ2n) is 6.40. The first-order valence-corrected chi connectivity index (χ1v) is 8.70. The Labute approximate surface area is 143 Å². The molecule has 1 saturated carbocycles. The molecule has 5 nitrogen and oxygen atoms in total. The van der Waals surface area contributed by atoms with Crippen LogP contribution in [-0.4, -0.2) is 11.8 Å². The standard InChI is InChI=1S/C19H25N3O2/c20-12-11-18(23)21-14-16-7-4-8-17(13-16)22-19(24)10-9-15-5-2-1-3-6-15/h4,7-8,13,15H,1-3,5-6,9-11,14H2,(H,21,23)(H,22,24). The monoisotopic (exact) mass is 327 g/mol. The fourth-order valence-electron chi connectivity index (χ4n) is 3.13. The Morgan fingerprint density at radius 3 is 2.71 bits per heavy atom. The predicted octanol–water partition coefficient (Wildman–Crippen LogP) is 3.52. The first-order chi connectivity index (χ1) is 11.7. The Bertz CT molecular complexity index is 601. The number of anilines is 1. The summed E-state index contributed by atoms with van der Waals surface area (Å²) in [6.07, 6.45) is 7.83. The lowest BCUT2D eigenvalue weighted by Crippen LogP contribution is -2.22. The van der Waals surface area contributed by atoms with E-state index in [-0.39, 0.29) is 18.2 Å². The van der Waals surface area contributed by atoms with E-state index in [1.807, 2.05) is 30.3 Å². The fraction of sp³-hybridized carbons (Fsp3) is 0.526. The maximum atomic E-state index is 12.1. The largest absolute Gasteiger partial charge is 0.351 e. The van der Waals surface area contributed by atoms with Crippen molar-refractivity contribution in [3.63, 3.8) is 0 Å². The van der Waals surface area contributed by atoms with E-state index in [0.717, 1.165) is 17.7 Å². The van der Waals surface area contributed by atoms with Crippen LogP contribution in [-0.2, 0) is 16.1 Å². The van der Waals surface area contributed by atoms with Gasteiger partial charge in [-0.3, -0.25) is 9.59 Å². The number of nitrogens with one attached hydrogen (secondary N) is 2. The zero-order valence-electron chi connectivity index (χ0n) is 14.0. The van der Waals surface area contributed by atoms with Gasteiger partial charge in [0.05, 0.1) is 6.07 Å². The van der Waals surface area contributed by atoms with Crippen molar-refractivity contribution in [1.82, 2.24) is 5.32 Å². The minimum Gasteiger partial charge on any atom is -0.351 e. The van der Waals surface area contributed by atoms with E-state index in [0.29, 0.717) is 18.9 Å². The Hall–Kier alpha value is -2.35. The van der Waals surface area contributed by atoms with Crippen molar-refractivity contribution >= 4 is 17.5 Å². The van der Waals surface area contributed by atoms with E-state index in [4.69, 9.17) is 5.26 Å². The highest BCUT2D eigenvalue weighted by Crippen LogP contribution is 2.27. The van der Waals surface area contributed by atoms with E-state index in [9.17, 15) is 9.59 Å². The summed E-state index contributed by atoms with van der Waals surface area (Å²) in [5.41, 5.74) is 1.64. The van der Waals surface area contributed by atoms with Crippen molar-refractivity contribution in [2.75, 3.05) is 5.32 Å². The third kappa shape index (κ3) is 6.41. The first kappa shape index (κ1) is 18.0. The number of nitriles is 1. The van der Waals surface area contributed by atoms with Crippen LogP contribution in [0.1, 0.15) is 56.9 Å². The van der Waals surface area contributed by atoms with Crippen LogP contribution in [0.3, 0.4) is 0 Å². The zero-order chi connectivity index (χ0) is 17.2. The molecule has 0 aromatic heterocycles. The predicted molar refractivity (Wildman–Crippen MR) is 93.0 cm³/mol. The van der Waals surface area contributed by atoms with Gasteiger partial charge >= 0.3 is 0 Å². The molecule has 0 aliphatic heterocycles. The van der Waals surface area contributed by atoms with E-state index in [2.05, 4.69) is 10.6 Å². The highest BCUT2D eigenvalue weighted by molar-refractivity contribution is 5.90. The van der Waals surface area contributed by atoms with Crippen molar-refractivity contribution < 1.29 is 9.59 Å². The summed E-state index contributed by atoms with van der Waals surface area (Å²) in [4.78, 5) is 23.4. The molecule has 2 amide bonds. The van der Waals surface area contributed by atoms with Gasteiger partial charge in [-0.15, -0.1) is 0 Å². The summed E-state index contributed by atoms with van der Waals surface area (Å²) in [6, 6.07) is 9.24. The molecule has 1 aliphatic carbocycles. The minimum atomic E-state index is -0.292. The van der Waals surface area contributed by atoms with Crippen molar-refractivity contribution in [1.29, 1.82) is 5.26 Å². The van der Waals surface area contributed by atoms with Gasteiger partial charge in [0.15, 0.2) is 0 Å². The smallest absolute Gasteiger partial charge is 0.234 e. The molecule has 0 radical (unpaired) electrons. The fourth-order valence-corrected chi connectivity index (χ4v) is 3.13. The molecule has 5 heteroatoms. The van der Waals surface area contributed by atoms with Crippen molar-refractivity contribution in [3.8, 4) is 6.07 Å². The number of nitrogens with zero attached hydrogens (tertiary/aromatic N) is 1. The second-order valence-corrected chi connectivity index (χ2v) is 6.40. The lowest BCUT2D eigenvalue weighted by atomic mass is 9.86. The van der Waals surface area contributed by atoms with Crippen LogP contribution in [0, 0.1) is 17.2 Å². The maximum absolute atomic E-state index is 12.1. The number of amides is 2. The SMILES string of the molecule is N#CCC(=O)NCc1cccc(NC(=O)CCC2CCCCC2)c1. The summed E-state index contributed by atoms with van der Waals surface area (Å²) in [6.45, 7) is 0.353. The normalized spacial score (nSPS) is 14.6.